The van der Waals surface area contributed by atoms with Crippen LogP contribution in [0.4, 0.5) is 0 Å². The van der Waals surface area contributed by atoms with E-state index in [-0.39, 0.29) is 24.8 Å². The number of benzene rings is 2. The van der Waals surface area contributed by atoms with Crippen LogP contribution in [0.1, 0.15) is 80.9 Å². The predicted octanol–water partition coefficient (Wildman–Crippen LogP) is 4.39. The van der Waals surface area contributed by atoms with Crippen molar-refractivity contribution in [2.24, 2.45) is 11.8 Å². The van der Waals surface area contributed by atoms with Gasteiger partial charge in [0.25, 0.3) is 0 Å². The summed E-state index contributed by atoms with van der Waals surface area (Å²) in [5.41, 5.74) is 17.0. The Labute approximate surface area is 262 Å². The summed E-state index contributed by atoms with van der Waals surface area (Å²) in [5.74, 6) is 1.13. The molecule has 1 fully saturated rings. The van der Waals surface area contributed by atoms with Gasteiger partial charge in [0.15, 0.2) is 0 Å². The van der Waals surface area contributed by atoms with Crippen molar-refractivity contribution in [2.45, 2.75) is 66.9 Å². The molecule has 6 aliphatic carbocycles. The van der Waals surface area contributed by atoms with Crippen molar-refractivity contribution < 1.29 is 45.1 Å². The first-order chi connectivity index (χ1) is 19.3. The molecule has 0 radical (unpaired) electrons. The quantitative estimate of drug-likeness (QED) is 0.459. The van der Waals surface area contributed by atoms with E-state index < -0.39 is 20.3 Å². The zero-order chi connectivity index (χ0) is 25.6. The number of allylic oxidation sites excluding steroid dienone is 10. The minimum absolute atomic E-state index is 0. The molecule has 4 atom stereocenters. The molecule has 208 valence electrons. The number of hydrogen-bond donors (Lipinski definition) is 0. The summed E-state index contributed by atoms with van der Waals surface area (Å²) in [6.07, 6.45) is 26.4. The summed E-state index contributed by atoms with van der Waals surface area (Å²) >= 11 is -2.74. The van der Waals surface area contributed by atoms with E-state index in [4.69, 9.17) is 0 Å². The smallest absolute Gasteiger partial charge is 1.00 e. The number of hydrogen-bond acceptors (Lipinski definition) is 0. The summed E-state index contributed by atoms with van der Waals surface area (Å²) in [6, 6.07) is 19.1. The van der Waals surface area contributed by atoms with Crippen LogP contribution in [0, 0.1) is 11.8 Å². The van der Waals surface area contributed by atoms with E-state index in [0.29, 0.717) is 11.8 Å². The van der Waals surface area contributed by atoms with Gasteiger partial charge in [0.2, 0.25) is 0 Å². The molecule has 0 nitrogen and oxygen atoms in total. The minimum atomic E-state index is -2.74. The van der Waals surface area contributed by atoms with E-state index in [1.807, 2.05) is 0 Å². The van der Waals surface area contributed by atoms with Crippen LogP contribution in [0.3, 0.4) is 0 Å². The van der Waals surface area contributed by atoms with Gasteiger partial charge in [-0.2, -0.15) is 0 Å². The number of rotatable bonds is 4. The van der Waals surface area contributed by atoms with Crippen LogP contribution in [0.5, 0.6) is 0 Å². The fourth-order valence-electron chi connectivity index (χ4n) is 9.68. The third-order valence-corrected chi connectivity index (χ3v) is 24.3. The number of fused-ring (bicyclic) bond motifs is 2. The standard InChI is InChI=1S/2C18H17.C2H4.2ClH.Zr/c2*1-2-7-15-12-16(11-14(15)6-1)18-10-9-13-5-3-4-8-17(13)18;1-2;;;/h2*1-2,6-7,9-12,18H,3-5,8H2;1-2H2;2*1H;/q;;;;;+2/p-2. The molecule has 2 aromatic carbocycles. The third kappa shape index (κ3) is 4.24. The van der Waals surface area contributed by atoms with Gasteiger partial charge in [-0.15, -0.1) is 0 Å². The molecule has 0 spiro atoms. The molecule has 1 saturated heterocycles. The first-order valence-corrected chi connectivity index (χ1v) is 22.0. The first kappa shape index (κ1) is 28.1. The zero-order valence-electron chi connectivity index (χ0n) is 23.7. The topological polar surface area (TPSA) is 0 Å². The Bertz CT molecular complexity index is 1480. The molecule has 4 unspecified atom stereocenters. The summed E-state index contributed by atoms with van der Waals surface area (Å²) < 4.78 is 4.55. The maximum absolute atomic E-state index is 2.74. The van der Waals surface area contributed by atoms with Crippen molar-refractivity contribution in [3.8, 4) is 0 Å². The van der Waals surface area contributed by atoms with Crippen molar-refractivity contribution in [1.82, 2.24) is 0 Å². The van der Waals surface area contributed by atoms with Gasteiger partial charge in [0.05, 0.1) is 0 Å². The molecule has 3 heteroatoms. The van der Waals surface area contributed by atoms with Gasteiger partial charge >= 0.3 is 240 Å². The average molecular weight is 657 g/mol. The zero-order valence-corrected chi connectivity index (χ0v) is 27.7. The molecule has 0 N–H and O–H groups in total. The SMILES string of the molecule is C1=CC(C2=Cc3ccccc3[CH]2[Zr+2]2([CH]3C(C4C=CC5=C4CCCC5)=Cc4ccccc43)[CH2][CH2]2)C2=C1CCCC2.[Cl-].[Cl-]. The summed E-state index contributed by atoms with van der Waals surface area (Å²) in [7, 11) is 0. The second-order valence-corrected chi connectivity index (χ2v) is 24.7. The van der Waals surface area contributed by atoms with Crippen LogP contribution in [0.2, 0.25) is 8.26 Å². The van der Waals surface area contributed by atoms with Crippen LogP contribution < -0.4 is 24.8 Å². The Kier molecular flexibility index (Phi) is 7.41. The Balaban J connectivity index is 0.00000138. The van der Waals surface area contributed by atoms with Crippen molar-refractivity contribution in [3.05, 3.63) is 129 Å². The summed E-state index contributed by atoms with van der Waals surface area (Å²) in [6.45, 7) is 0. The molecule has 1 aliphatic heterocycles. The fraction of sp³-hybridized carbons (Fsp3) is 0.368. The maximum Gasteiger partial charge on any atom is -1.00 e. The van der Waals surface area contributed by atoms with Gasteiger partial charge in [0.1, 0.15) is 0 Å². The van der Waals surface area contributed by atoms with Crippen molar-refractivity contribution in [2.75, 3.05) is 0 Å². The van der Waals surface area contributed by atoms with E-state index in [1.165, 1.54) is 62.5 Å². The monoisotopic (exact) mass is 654 g/mol. The summed E-state index contributed by atoms with van der Waals surface area (Å²) in [5, 5.41) is 0. The molecule has 2 aromatic rings. The van der Waals surface area contributed by atoms with Crippen LogP contribution in [0.15, 0.2) is 106 Å². The molecule has 0 amide bonds. The molecule has 7 aliphatic rings. The van der Waals surface area contributed by atoms with Gasteiger partial charge in [-0.3, -0.25) is 0 Å². The third-order valence-electron chi connectivity index (χ3n) is 11.5. The normalized spacial score (nSPS) is 28.9. The van der Waals surface area contributed by atoms with Crippen LogP contribution >= 0.6 is 0 Å². The van der Waals surface area contributed by atoms with E-state index in [2.05, 4.69) is 85.0 Å². The molecular weight excluding hydrogens is 619 g/mol. The molecule has 0 aromatic heterocycles. The van der Waals surface area contributed by atoms with Crippen LogP contribution in [0.25, 0.3) is 12.2 Å². The number of halogens is 2. The molecule has 0 bridgehead atoms. The van der Waals surface area contributed by atoms with Gasteiger partial charge in [-0.25, -0.2) is 0 Å². The Morgan fingerprint density at radius 2 is 0.976 bits per heavy atom. The second kappa shape index (κ2) is 10.8. The molecule has 1 heterocycles. The van der Waals surface area contributed by atoms with E-state index >= 15 is 0 Å². The van der Waals surface area contributed by atoms with Crippen molar-refractivity contribution in [1.29, 1.82) is 0 Å². The molecule has 0 saturated carbocycles. The Morgan fingerprint density at radius 3 is 1.44 bits per heavy atom. The van der Waals surface area contributed by atoms with Crippen LogP contribution in [-0.4, -0.2) is 0 Å². The largest absolute Gasteiger partial charge is 1.00 e. The summed E-state index contributed by atoms with van der Waals surface area (Å²) in [4.78, 5) is 0. The average Bonchev–Trinajstić information content (AvgIpc) is 3.36. The van der Waals surface area contributed by atoms with E-state index in [0.717, 1.165) is 7.25 Å². The van der Waals surface area contributed by atoms with Gasteiger partial charge in [-0.1, -0.05) is 0 Å². The van der Waals surface area contributed by atoms with Crippen molar-refractivity contribution in [3.63, 3.8) is 0 Å². The van der Waals surface area contributed by atoms with Gasteiger partial charge < -0.3 is 24.8 Å². The maximum atomic E-state index is 2.68. The Morgan fingerprint density at radius 1 is 0.537 bits per heavy atom. The van der Waals surface area contributed by atoms with Crippen LogP contribution in [-0.2, 0) is 20.3 Å². The second-order valence-electron chi connectivity index (χ2n) is 13.3. The van der Waals surface area contributed by atoms with Gasteiger partial charge in [0, 0.05) is 0 Å². The fourth-order valence-corrected chi connectivity index (χ4v) is 27.1. The molecular formula is C38H38Cl2Zr. The van der Waals surface area contributed by atoms with E-state index in [9.17, 15) is 0 Å². The Hall–Kier alpha value is -1.66. The van der Waals surface area contributed by atoms with Gasteiger partial charge in [-0.05, 0) is 0 Å². The van der Waals surface area contributed by atoms with E-state index in [1.54, 1.807) is 52.8 Å². The molecule has 41 heavy (non-hydrogen) atoms. The minimum Gasteiger partial charge on any atom is -1.00 e. The predicted molar refractivity (Wildman–Crippen MR) is 160 cm³/mol. The first-order valence-electron chi connectivity index (χ1n) is 15.7. The van der Waals surface area contributed by atoms with Crippen molar-refractivity contribution >= 4 is 12.2 Å². The molecule has 9 rings (SSSR count).